The number of aromatic nitrogens is 2. The molecule has 1 aromatic carbocycles. The van der Waals surface area contributed by atoms with E-state index in [0.29, 0.717) is 11.1 Å². The van der Waals surface area contributed by atoms with Crippen LogP contribution in [0.3, 0.4) is 0 Å². The smallest absolute Gasteiger partial charge is 0.341 e. The van der Waals surface area contributed by atoms with Crippen molar-refractivity contribution >= 4 is 24.2 Å². The molecule has 1 saturated carbocycles. The molecule has 1 N–H and O–H groups in total. The fourth-order valence-electron chi connectivity index (χ4n) is 4.08. The van der Waals surface area contributed by atoms with Crippen LogP contribution in [-0.2, 0) is 11.6 Å². The van der Waals surface area contributed by atoms with Gasteiger partial charge in [-0.3, -0.25) is 4.79 Å². The molecule has 0 bridgehead atoms. The summed E-state index contributed by atoms with van der Waals surface area (Å²) in [4.78, 5) is 20.4. The molecule has 1 saturated heterocycles. The minimum Gasteiger partial charge on any atom is -0.341 e. The lowest BCUT2D eigenvalue weighted by Gasteiger charge is -2.21. The van der Waals surface area contributed by atoms with Gasteiger partial charge in [-0.1, -0.05) is 23.9 Å². The average Bonchev–Trinajstić information content (AvgIpc) is 3.20. The van der Waals surface area contributed by atoms with Gasteiger partial charge in [0.1, 0.15) is 0 Å². The molecule has 2 aromatic rings. The summed E-state index contributed by atoms with van der Waals surface area (Å²) < 4.78 is 38.2. The van der Waals surface area contributed by atoms with Crippen molar-refractivity contribution in [1.82, 2.24) is 14.9 Å². The Kier molecular flexibility index (Phi) is 6.12. The quantitative estimate of drug-likeness (QED) is 0.427. The average molecular weight is 432 g/mol. The first-order valence-electron chi connectivity index (χ1n) is 8.95. The van der Waals surface area contributed by atoms with Crippen molar-refractivity contribution in [3.8, 4) is 0 Å². The highest BCUT2D eigenvalue weighted by Crippen LogP contribution is 2.59. The summed E-state index contributed by atoms with van der Waals surface area (Å²) in [5, 5.41) is 0.632. The second-order valence-corrected chi connectivity index (χ2v) is 8.39. The maximum absolute atomic E-state index is 12.7. The lowest BCUT2D eigenvalue weighted by molar-refractivity contribution is -0.137. The van der Waals surface area contributed by atoms with Gasteiger partial charge in [0.25, 0.3) is 5.56 Å². The number of nitrogens with one attached hydrogen (secondary N) is 1. The highest BCUT2D eigenvalue weighted by Gasteiger charge is 2.60. The number of piperidine rings is 1. The van der Waals surface area contributed by atoms with Gasteiger partial charge in [0.15, 0.2) is 5.16 Å². The van der Waals surface area contributed by atoms with Gasteiger partial charge in [0, 0.05) is 36.5 Å². The SMILES string of the molecule is Cl.O=c1cc[nH]c(SCCCN2C[C@@H]3C[C@]3(c3ccc(C(F)(F)F)cc3)C2)n1. The third-order valence-corrected chi connectivity index (χ3v) is 6.48. The normalized spacial score (nSPS) is 23.9. The maximum atomic E-state index is 12.7. The second-order valence-electron chi connectivity index (χ2n) is 7.30. The van der Waals surface area contributed by atoms with Crippen LogP contribution in [0.1, 0.15) is 24.0 Å². The topological polar surface area (TPSA) is 49.0 Å². The molecule has 2 fully saturated rings. The fraction of sp³-hybridized carbons (Fsp3) is 0.474. The predicted octanol–water partition coefficient (Wildman–Crippen LogP) is 3.97. The molecular formula is C19H21ClF3N3OS. The van der Waals surface area contributed by atoms with E-state index in [-0.39, 0.29) is 23.4 Å². The zero-order valence-corrected chi connectivity index (χ0v) is 16.7. The minimum absolute atomic E-state index is 0. The number of nitrogens with zero attached hydrogens (tertiary/aromatic N) is 2. The number of fused-ring (bicyclic) bond motifs is 1. The van der Waals surface area contributed by atoms with Crippen molar-refractivity contribution in [1.29, 1.82) is 0 Å². The third kappa shape index (κ3) is 4.39. The van der Waals surface area contributed by atoms with Crippen molar-refractivity contribution in [2.45, 2.75) is 29.6 Å². The third-order valence-electron chi connectivity index (χ3n) is 5.51. The van der Waals surface area contributed by atoms with Gasteiger partial charge < -0.3 is 9.88 Å². The fourth-order valence-corrected chi connectivity index (χ4v) is 4.85. The molecule has 1 aliphatic heterocycles. The van der Waals surface area contributed by atoms with Crippen LogP contribution in [0.4, 0.5) is 13.2 Å². The van der Waals surface area contributed by atoms with Crippen LogP contribution >= 0.6 is 24.2 Å². The van der Waals surface area contributed by atoms with Gasteiger partial charge in [-0.15, -0.1) is 12.4 Å². The number of likely N-dealkylation sites (tertiary alicyclic amines) is 1. The van der Waals surface area contributed by atoms with Gasteiger partial charge in [-0.05, 0) is 43.0 Å². The second kappa shape index (κ2) is 8.08. The maximum Gasteiger partial charge on any atom is 0.416 e. The first kappa shape index (κ1) is 21.2. The number of benzene rings is 1. The van der Waals surface area contributed by atoms with Gasteiger partial charge in [0.2, 0.25) is 0 Å². The van der Waals surface area contributed by atoms with Crippen LogP contribution in [0, 0.1) is 5.92 Å². The molecule has 1 aliphatic carbocycles. The standard InChI is InChI=1S/C19H20F3N3OS.ClH/c20-19(21,22)14-4-2-13(3-5-14)18-10-15(18)11-25(12-18)8-1-9-27-17-23-7-6-16(26)24-17;/h2-7,15H,1,8-12H2,(H,23,24,26);1H/t15-,18+;/m0./s1. The summed E-state index contributed by atoms with van der Waals surface area (Å²) in [6.07, 6.45) is -0.645. The molecule has 1 aromatic heterocycles. The van der Waals surface area contributed by atoms with E-state index in [1.165, 1.54) is 30.0 Å². The monoisotopic (exact) mass is 431 g/mol. The molecule has 0 amide bonds. The molecule has 0 unspecified atom stereocenters. The van der Waals surface area contributed by atoms with E-state index in [1.54, 1.807) is 18.3 Å². The van der Waals surface area contributed by atoms with E-state index in [0.717, 1.165) is 43.8 Å². The Balaban J connectivity index is 0.00000225. The molecular weight excluding hydrogens is 411 g/mol. The van der Waals surface area contributed by atoms with Crippen molar-refractivity contribution in [3.05, 3.63) is 58.0 Å². The van der Waals surface area contributed by atoms with Crippen molar-refractivity contribution in [3.63, 3.8) is 0 Å². The van der Waals surface area contributed by atoms with Gasteiger partial charge in [-0.2, -0.15) is 18.2 Å². The molecule has 0 radical (unpaired) electrons. The molecule has 2 atom stereocenters. The highest BCUT2D eigenvalue weighted by atomic mass is 35.5. The highest BCUT2D eigenvalue weighted by molar-refractivity contribution is 7.99. The summed E-state index contributed by atoms with van der Waals surface area (Å²) in [7, 11) is 0. The van der Waals surface area contributed by atoms with Crippen LogP contribution < -0.4 is 5.56 Å². The number of thioether (sulfide) groups is 1. The first-order chi connectivity index (χ1) is 12.9. The molecule has 2 heterocycles. The number of H-pyrrole nitrogens is 1. The number of rotatable bonds is 6. The molecule has 4 rings (SSSR count). The number of alkyl halides is 3. The summed E-state index contributed by atoms with van der Waals surface area (Å²) in [6, 6.07) is 7.10. The molecule has 0 spiro atoms. The number of halogens is 4. The molecule has 152 valence electrons. The molecule has 9 heteroatoms. The number of hydrogen-bond donors (Lipinski definition) is 1. The van der Waals surface area contributed by atoms with Gasteiger partial charge in [0.05, 0.1) is 5.56 Å². The predicted molar refractivity (Wildman–Crippen MR) is 105 cm³/mol. The Hall–Kier alpha value is -1.51. The molecule has 28 heavy (non-hydrogen) atoms. The van der Waals surface area contributed by atoms with Crippen LogP contribution in [0.5, 0.6) is 0 Å². The van der Waals surface area contributed by atoms with E-state index in [1.807, 2.05) is 0 Å². The Bertz CT molecular complexity index is 874. The van der Waals surface area contributed by atoms with E-state index in [2.05, 4.69) is 14.9 Å². The van der Waals surface area contributed by atoms with Crippen LogP contribution in [0.25, 0.3) is 0 Å². The summed E-state index contributed by atoms with van der Waals surface area (Å²) in [5.41, 5.74) is 0.251. The minimum atomic E-state index is -4.28. The van der Waals surface area contributed by atoms with Crippen molar-refractivity contribution in [2.24, 2.45) is 5.92 Å². The van der Waals surface area contributed by atoms with E-state index >= 15 is 0 Å². The van der Waals surface area contributed by atoms with Crippen molar-refractivity contribution in [2.75, 3.05) is 25.4 Å². The zero-order chi connectivity index (χ0) is 19.1. The van der Waals surface area contributed by atoms with Crippen LogP contribution in [0.15, 0.2) is 46.5 Å². The molecule has 4 nitrogen and oxygen atoms in total. The van der Waals surface area contributed by atoms with Crippen molar-refractivity contribution < 1.29 is 13.2 Å². The Morgan fingerprint density at radius 2 is 2.00 bits per heavy atom. The zero-order valence-electron chi connectivity index (χ0n) is 15.0. The number of aromatic amines is 1. The summed E-state index contributed by atoms with van der Waals surface area (Å²) in [6.45, 7) is 2.86. The van der Waals surface area contributed by atoms with Gasteiger partial charge in [-0.25, -0.2) is 0 Å². The number of hydrogen-bond acceptors (Lipinski definition) is 4. The van der Waals surface area contributed by atoms with Crippen LogP contribution in [-0.4, -0.2) is 40.3 Å². The van der Waals surface area contributed by atoms with E-state index in [9.17, 15) is 18.0 Å². The van der Waals surface area contributed by atoms with Crippen LogP contribution in [0.2, 0.25) is 0 Å². The lowest BCUT2D eigenvalue weighted by atomic mass is 9.94. The largest absolute Gasteiger partial charge is 0.416 e. The summed E-state index contributed by atoms with van der Waals surface area (Å²) in [5.74, 6) is 1.41. The lowest BCUT2D eigenvalue weighted by Crippen LogP contribution is -2.28. The van der Waals surface area contributed by atoms with E-state index < -0.39 is 11.7 Å². The first-order valence-corrected chi connectivity index (χ1v) is 9.94. The van der Waals surface area contributed by atoms with Gasteiger partial charge >= 0.3 is 6.18 Å². The Morgan fingerprint density at radius 3 is 2.68 bits per heavy atom. The summed E-state index contributed by atoms with van der Waals surface area (Å²) >= 11 is 1.53. The Morgan fingerprint density at radius 1 is 1.25 bits per heavy atom. The van der Waals surface area contributed by atoms with E-state index in [4.69, 9.17) is 0 Å². The molecule has 2 aliphatic rings. The Labute approximate surface area is 171 Å².